The van der Waals surface area contributed by atoms with E-state index in [9.17, 15) is 9.59 Å². The van der Waals surface area contributed by atoms with E-state index in [1.807, 2.05) is 13.8 Å². The summed E-state index contributed by atoms with van der Waals surface area (Å²) in [5, 5.41) is 2.56. The Morgan fingerprint density at radius 1 is 1.43 bits per heavy atom. The molecule has 1 amide bonds. The summed E-state index contributed by atoms with van der Waals surface area (Å²) in [6.45, 7) is 4.00. The minimum atomic E-state index is -0.521. The zero-order chi connectivity index (χ0) is 11.1. The van der Waals surface area contributed by atoms with Gasteiger partial charge in [0.05, 0.1) is 19.6 Å². The highest BCUT2D eigenvalue weighted by Gasteiger charge is 2.16. The average molecular weight is 202 g/mol. The summed E-state index contributed by atoms with van der Waals surface area (Å²) in [6.07, 6.45) is 0.174. The van der Waals surface area contributed by atoms with E-state index in [2.05, 4.69) is 10.1 Å². The Morgan fingerprint density at radius 3 is 2.43 bits per heavy atom. The number of hydrogen-bond acceptors (Lipinski definition) is 4. The molecule has 0 aliphatic carbocycles. The summed E-state index contributed by atoms with van der Waals surface area (Å²) in [5.41, 5.74) is 5.58. The molecule has 0 fully saturated rings. The lowest BCUT2D eigenvalue weighted by atomic mass is 10.1. The van der Waals surface area contributed by atoms with Crippen LogP contribution < -0.4 is 11.1 Å². The summed E-state index contributed by atoms with van der Waals surface area (Å²) >= 11 is 0. The zero-order valence-electron chi connectivity index (χ0n) is 8.87. The van der Waals surface area contributed by atoms with Gasteiger partial charge in [-0.25, -0.2) is 0 Å². The molecule has 0 aliphatic heterocycles. The van der Waals surface area contributed by atoms with Gasteiger partial charge in [-0.15, -0.1) is 0 Å². The van der Waals surface area contributed by atoms with Crippen molar-refractivity contribution in [1.29, 1.82) is 0 Å². The second kappa shape index (κ2) is 6.37. The third kappa shape index (κ3) is 4.81. The van der Waals surface area contributed by atoms with Gasteiger partial charge in [0.2, 0.25) is 5.91 Å². The first-order valence-corrected chi connectivity index (χ1v) is 4.59. The molecule has 14 heavy (non-hydrogen) atoms. The van der Waals surface area contributed by atoms with Crippen LogP contribution in [-0.2, 0) is 14.3 Å². The van der Waals surface area contributed by atoms with E-state index in [1.54, 1.807) is 0 Å². The number of nitrogens with one attached hydrogen (secondary N) is 1. The second-order valence-electron chi connectivity index (χ2n) is 3.39. The largest absolute Gasteiger partial charge is 0.469 e. The molecule has 0 spiro atoms. The predicted octanol–water partition coefficient (Wildman–Crippen LogP) is -0.351. The monoisotopic (exact) mass is 202 g/mol. The smallest absolute Gasteiger partial charge is 0.307 e. The third-order valence-electron chi connectivity index (χ3n) is 1.88. The van der Waals surface area contributed by atoms with Gasteiger partial charge >= 0.3 is 5.97 Å². The number of hydrogen-bond donors (Lipinski definition) is 2. The lowest BCUT2D eigenvalue weighted by molar-refractivity contribution is -0.140. The van der Waals surface area contributed by atoms with Gasteiger partial charge in [0.1, 0.15) is 0 Å². The van der Waals surface area contributed by atoms with Crippen LogP contribution in [0.1, 0.15) is 20.3 Å². The summed E-state index contributed by atoms with van der Waals surface area (Å²) in [6, 6.07) is -0.521. The molecule has 3 N–H and O–H groups in total. The number of nitrogens with two attached hydrogens (primary N) is 1. The molecule has 0 aliphatic rings. The Kier molecular flexibility index (Phi) is 5.87. The van der Waals surface area contributed by atoms with Crippen LogP contribution in [0.15, 0.2) is 0 Å². The summed E-state index contributed by atoms with van der Waals surface area (Å²) in [7, 11) is 1.31. The molecule has 0 saturated carbocycles. The SMILES string of the molecule is COC(=O)CCNC(=O)[C@H](N)C(C)C. The van der Waals surface area contributed by atoms with Crippen LogP contribution in [0.5, 0.6) is 0 Å². The van der Waals surface area contributed by atoms with Gasteiger partial charge in [-0.05, 0) is 5.92 Å². The van der Waals surface area contributed by atoms with Crippen LogP contribution in [-0.4, -0.2) is 31.6 Å². The highest BCUT2D eigenvalue weighted by Crippen LogP contribution is 1.97. The van der Waals surface area contributed by atoms with E-state index in [1.165, 1.54) is 7.11 Å². The van der Waals surface area contributed by atoms with Crippen LogP contribution in [0.3, 0.4) is 0 Å². The number of esters is 1. The van der Waals surface area contributed by atoms with E-state index in [0.717, 1.165) is 0 Å². The maximum atomic E-state index is 11.3. The van der Waals surface area contributed by atoms with E-state index in [4.69, 9.17) is 5.73 Å². The van der Waals surface area contributed by atoms with Gasteiger partial charge in [-0.2, -0.15) is 0 Å². The van der Waals surface area contributed by atoms with E-state index in [0.29, 0.717) is 0 Å². The number of amides is 1. The molecule has 0 aromatic carbocycles. The van der Waals surface area contributed by atoms with Crippen molar-refractivity contribution in [1.82, 2.24) is 5.32 Å². The normalized spacial score (nSPS) is 12.4. The highest BCUT2D eigenvalue weighted by molar-refractivity contribution is 5.82. The molecule has 0 radical (unpaired) electrons. The summed E-state index contributed by atoms with van der Waals surface area (Å²) < 4.78 is 4.42. The van der Waals surface area contributed by atoms with Crippen molar-refractivity contribution in [3.63, 3.8) is 0 Å². The van der Waals surface area contributed by atoms with Crippen LogP contribution in [0, 0.1) is 5.92 Å². The molecule has 0 rings (SSSR count). The van der Waals surface area contributed by atoms with Crippen LogP contribution in [0.25, 0.3) is 0 Å². The maximum absolute atomic E-state index is 11.3. The number of methoxy groups -OCH3 is 1. The predicted molar refractivity (Wildman–Crippen MR) is 52.5 cm³/mol. The lowest BCUT2D eigenvalue weighted by Crippen LogP contribution is -2.44. The van der Waals surface area contributed by atoms with Gasteiger partial charge in [0.15, 0.2) is 0 Å². The Balaban J connectivity index is 3.69. The second-order valence-corrected chi connectivity index (χ2v) is 3.39. The number of carbonyl (C=O) groups is 2. The molecule has 0 heterocycles. The van der Waals surface area contributed by atoms with Gasteiger partial charge in [0.25, 0.3) is 0 Å². The Bertz CT molecular complexity index is 204. The van der Waals surface area contributed by atoms with Crippen LogP contribution in [0.2, 0.25) is 0 Å². The summed E-state index contributed by atoms with van der Waals surface area (Å²) in [4.78, 5) is 22.0. The maximum Gasteiger partial charge on any atom is 0.307 e. The Hall–Kier alpha value is -1.10. The van der Waals surface area contributed by atoms with E-state index >= 15 is 0 Å². The van der Waals surface area contributed by atoms with Gasteiger partial charge in [0, 0.05) is 6.54 Å². The van der Waals surface area contributed by atoms with Gasteiger partial charge in [-0.3, -0.25) is 9.59 Å². The van der Waals surface area contributed by atoms with Gasteiger partial charge in [-0.1, -0.05) is 13.8 Å². The topological polar surface area (TPSA) is 81.4 Å². The Morgan fingerprint density at radius 2 is 2.00 bits per heavy atom. The lowest BCUT2D eigenvalue weighted by Gasteiger charge is -2.14. The van der Waals surface area contributed by atoms with Crippen molar-refractivity contribution < 1.29 is 14.3 Å². The number of carbonyl (C=O) groups excluding carboxylic acids is 2. The first-order chi connectivity index (χ1) is 6.49. The first-order valence-electron chi connectivity index (χ1n) is 4.59. The van der Waals surface area contributed by atoms with Crippen LogP contribution >= 0.6 is 0 Å². The molecule has 5 heteroatoms. The molecule has 82 valence electrons. The molecule has 0 unspecified atom stereocenters. The van der Waals surface area contributed by atoms with Crippen molar-refractivity contribution in [2.24, 2.45) is 11.7 Å². The molecular weight excluding hydrogens is 184 g/mol. The highest BCUT2D eigenvalue weighted by atomic mass is 16.5. The molecular formula is C9H18N2O3. The molecule has 5 nitrogen and oxygen atoms in total. The fourth-order valence-electron chi connectivity index (χ4n) is 0.810. The third-order valence-corrected chi connectivity index (χ3v) is 1.88. The Labute approximate surface area is 84.0 Å². The minimum Gasteiger partial charge on any atom is -0.469 e. The molecule has 0 aromatic heterocycles. The van der Waals surface area contributed by atoms with E-state index < -0.39 is 6.04 Å². The quantitative estimate of drug-likeness (QED) is 0.597. The van der Waals surface area contributed by atoms with Gasteiger partial charge < -0.3 is 15.8 Å². The fourth-order valence-corrected chi connectivity index (χ4v) is 0.810. The molecule has 0 aromatic rings. The van der Waals surface area contributed by atoms with Crippen molar-refractivity contribution in [2.75, 3.05) is 13.7 Å². The van der Waals surface area contributed by atoms with Crippen molar-refractivity contribution in [2.45, 2.75) is 26.3 Å². The fraction of sp³-hybridized carbons (Fsp3) is 0.778. The number of rotatable bonds is 5. The molecule has 0 bridgehead atoms. The average Bonchev–Trinajstić information content (AvgIpc) is 2.15. The minimum absolute atomic E-state index is 0.0909. The van der Waals surface area contributed by atoms with Crippen molar-refractivity contribution >= 4 is 11.9 Å². The van der Waals surface area contributed by atoms with E-state index in [-0.39, 0.29) is 30.8 Å². The number of ether oxygens (including phenoxy) is 1. The van der Waals surface area contributed by atoms with Crippen molar-refractivity contribution in [3.8, 4) is 0 Å². The first kappa shape index (κ1) is 12.9. The molecule has 0 saturated heterocycles. The summed E-state index contributed by atoms with van der Waals surface area (Å²) in [5.74, 6) is -0.486. The standard InChI is InChI=1S/C9H18N2O3/c1-6(2)8(10)9(13)11-5-4-7(12)14-3/h6,8H,4-5,10H2,1-3H3,(H,11,13)/t8-/m1/s1. The zero-order valence-corrected chi connectivity index (χ0v) is 8.87. The van der Waals surface area contributed by atoms with Crippen LogP contribution in [0.4, 0.5) is 0 Å². The molecule has 1 atom stereocenters. The van der Waals surface area contributed by atoms with Crippen molar-refractivity contribution in [3.05, 3.63) is 0 Å².